The largest absolute Gasteiger partial charge is 0.392 e. The van der Waals surface area contributed by atoms with Crippen molar-refractivity contribution in [2.45, 2.75) is 44.8 Å². The number of unbranched alkanes of at least 4 members (excludes halogenated alkanes) is 2. The van der Waals surface area contributed by atoms with Crippen LogP contribution in [0, 0.1) is 11.6 Å². The Morgan fingerprint density at radius 2 is 2.05 bits per heavy atom. The third kappa shape index (κ3) is 3.83. The van der Waals surface area contributed by atoms with Gasteiger partial charge in [0.15, 0.2) is 0 Å². The van der Waals surface area contributed by atoms with E-state index in [4.69, 9.17) is 0 Å². The summed E-state index contributed by atoms with van der Waals surface area (Å²) in [5.74, 6) is -1.32. The van der Waals surface area contributed by atoms with Crippen molar-refractivity contribution in [1.29, 1.82) is 0 Å². The summed E-state index contributed by atoms with van der Waals surface area (Å²) in [4.78, 5) is 0. The summed E-state index contributed by atoms with van der Waals surface area (Å²) in [6.07, 6.45) is 1.40. The lowest BCUT2D eigenvalue weighted by Crippen LogP contribution is -2.34. The van der Waals surface area contributed by atoms with Crippen molar-refractivity contribution in [1.82, 2.24) is 4.31 Å². The summed E-state index contributed by atoms with van der Waals surface area (Å²) in [7, 11) is -3.61. The first-order valence-corrected chi connectivity index (χ1v) is 9.08. The molecule has 7 heteroatoms. The molecule has 124 valence electrons. The molecule has 1 heterocycles. The third-order valence-corrected chi connectivity index (χ3v) is 5.84. The Kier molecular flexibility index (Phi) is 5.52. The van der Waals surface area contributed by atoms with Gasteiger partial charge >= 0.3 is 0 Å². The molecule has 2 atom stereocenters. The molecule has 0 radical (unpaired) electrons. The number of aliphatic hydroxyl groups excluding tert-OH is 1. The van der Waals surface area contributed by atoms with Crippen LogP contribution < -0.4 is 0 Å². The van der Waals surface area contributed by atoms with Gasteiger partial charge in [-0.2, -0.15) is 4.31 Å². The second-order valence-corrected chi connectivity index (χ2v) is 7.71. The summed E-state index contributed by atoms with van der Waals surface area (Å²) < 4.78 is 53.3. The average Bonchev–Trinajstić information content (AvgIpc) is 2.84. The SMILES string of the molecule is CCCCCS(=O)(=O)N1C[C@@H](O)C[C@H]1c1cc(F)ccc1F. The second kappa shape index (κ2) is 7.02. The van der Waals surface area contributed by atoms with Crippen molar-refractivity contribution in [3.05, 3.63) is 35.4 Å². The van der Waals surface area contributed by atoms with Gasteiger partial charge < -0.3 is 5.11 Å². The Balaban J connectivity index is 2.28. The van der Waals surface area contributed by atoms with Gasteiger partial charge in [0.25, 0.3) is 0 Å². The summed E-state index contributed by atoms with van der Waals surface area (Å²) >= 11 is 0. The van der Waals surface area contributed by atoms with Crippen LogP contribution in [0.15, 0.2) is 18.2 Å². The van der Waals surface area contributed by atoms with Crippen LogP contribution in [0.5, 0.6) is 0 Å². The fraction of sp³-hybridized carbons (Fsp3) is 0.600. The lowest BCUT2D eigenvalue weighted by molar-refractivity contribution is 0.188. The first-order chi connectivity index (χ1) is 10.3. The molecule has 1 aromatic carbocycles. The third-order valence-electron chi connectivity index (χ3n) is 3.91. The van der Waals surface area contributed by atoms with Gasteiger partial charge in [0.1, 0.15) is 11.6 Å². The molecule has 0 saturated carbocycles. The first kappa shape index (κ1) is 17.3. The predicted octanol–water partition coefficient (Wildman–Crippen LogP) is 2.59. The molecule has 0 aromatic heterocycles. The maximum atomic E-state index is 13.9. The van der Waals surface area contributed by atoms with E-state index in [9.17, 15) is 22.3 Å². The molecule has 0 unspecified atom stereocenters. The Bertz CT molecular complexity index is 621. The molecule has 1 aliphatic heterocycles. The number of benzene rings is 1. The standard InChI is InChI=1S/C15H21F2NO3S/c1-2-3-4-7-22(20,21)18-10-12(19)9-15(18)13-8-11(16)5-6-14(13)17/h5-6,8,12,15,19H,2-4,7,9-10H2,1H3/t12-,15-/m0/s1. The van der Waals surface area contributed by atoms with Crippen molar-refractivity contribution < 1.29 is 22.3 Å². The summed E-state index contributed by atoms with van der Waals surface area (Å²) in [5.41, 5.74) is -0.0179. The number of halogens is 2. The molecule has 2 rings (SSSR count). The lowest BCUT2D eigenvalue weighted by Gasteiger charge is -2.24. The second-order valence-electron chi connectivity index (χ2n) is 5.66. The topological polar surface area (TPSA) is 57.6 Å². The highest BCUT2D eigenvalue weighted by Crippen LogP contribution is 2.36. The van der Waals surface area contributed by atoms with Gasteiger partial charge in [-0.15, -0.1) is 0 Å². The van der Waals surface area contributed by atoms with Crippen LogP contribution in [0.2, 0.25) is 0 Å². The fourth-order valence-electron chi connectivity index (χ4n) is 2.80. The van der Waals surface area contributed by atoms with E-state index in [2.05, 4.69) is 0 Å². The number of nitrogens with zero attached hydrogens (tertiary/aromatic N) is 1. The van der Waals surface area contributed by atoms with Crippen LogP contribution in [-0.2, 0) is 10.0 Å². The predicted molar refractivity (Wildman–Crippen MR) is 79.7 cm³/mol. The molecular weight excluding hydrogens is 312 g/mol. The van der Waals surface area contributed by atoms with Crippen LogP contribution in [-0.4, -0.2) is 36.2 Å². The normalized spacial score (nSPS) is 23.1. The highest BCUT2D eigenvalue weighted by Gasteiger charge is 2.40. The van der Waals surface area contributed by atoms with Crippen LogP contribution in [0.25, 0.3) is 0 Å². The van der Waals surface area contributed by atoms with Gasteiger partial charge in [-0.25, -0.2) is 17.2 Å². The average molecular weight is 333 g/mol. The lowest BCUT2D eigenvalue weighted by atomic mass is 10.0. The molecule has 22 heavy (non-hydrogen) atoms. The monoisotopic (exact) mass is 333 g/mol. The molecule has 1 aliphatic rings. The van der Waals surface area contributed by atoms with Gasteiger partial charge in [0.05, 0.1) is 17.9 Å². The summed E-state index contributed by atoms with van der Waals surface area (Å²) in [6, 6.07) is 2.13. The zero-order valence-electron chi connectivity index (χ0n) is 12.5. The first-order valence-electron chi connectivity index (χ1n) is 7.47. The molecule has 0 spiro atoms. The van der Waals surface area contributed by atoms with Gasteiger partial charge in [0, 0.05) is 12.1 Å². The Hall–Kier alpha value is -1.05. The van der Waals surface area contributed by atoms with E-state index in [0.29, 0.717) is 6.42 Å². The van der Waals surface area contributed by atoms with E-state index in [0.717, 1.165) is 35.3 Å². The van der Waals surface area contributed by atoms with Crippen LogP contribution >= 0.6 is 0 Å². The van der Waals surface area contributed by atoms with Crippen LogP contribution in [0.1, 0.15) is 44.2 Å². The summed E-state index contributed by atoms with van der Waals surface area (Å²) in [5, 5.41) is 9.80. The van der Waals surface area contributed by atoms with Gasteiger partial charge in [-0.3, -0.25) is 0 Å². The van der Waals surface area contributed by atoms with Crippen LogP contribution in [0.3, 0.4) is 0 Å². The maximum absolute atomic E-state index is 13.9. The molecule has 1 saturated heterocycles. The fourth-order valence-corrected chi connectivity index (χ4v) is 4.59. The minimum Gasteiger partial charge on any atom is -0.392 e. The van der Waals surface area contributed by atoms with E-state index in [1.165, 1.54) is 0 Å². The molecule has 1 aromatic rings. The summed E-state index contributed by atoms with van der Waals surface area (Å²) in [6.45, 7) is 1.90. The molecule has 1 fully saturated rings. The number of sulfonamides is 1. The zero-order valence-corrected chi connectivity index (χ0v) is 13.3. The molecule has 0 bridgehead atoms. The van der Waals surface area contributed by atoms with Crippen molar-refractivity contribution in [3.63, 3.8) is 0 Å². The van der Waals surface area contributed by atoms with E-state index in [-0.39, 0.29) is 24.3 Å². The van der Waals surface area contributed by atoms with Gasteiger partial charge in [-0.1, -0.05) is 19.8 Å². The van der Waals surface area contributed by atoms with Crippen molar-refractivity contribution in [3.8, 4) is 0 Å². The van der Waals surface area contributed by atoms with Crippen molar-refractivity contribution >= 4 is 10.0 Å². The number of hydrogen-bond donors (Lipinski definition) is 1. The van der Waals surface area contributed by atoms with E-state index in [1.54, 1.807) is 0 Å². The Labute approximate surface area is 129 Å². The van der Waals surface area contributed by atoms with Crippen molar-refractivity contribution in [2.24, 2.45) is 0 Å². The number of aliphatic hydroxyl groups is 1. The molecule has 0 aliphatic carbocycles. The zero-order chi connectivity index (χ0) is 16.3. The number of rotatable bonds is 6. The van der Waals surface area contributed by atoms with E-state index >= 15 is 0 Å². The molecule has 0 amide bonds. The molecular formula is C15H21F2NO3S. The molecule has 4 nitrogen and oxygen atoms in total. The maximum Gasteiger partial charge on any atom is 0.214 e. The molecule has 1 N–H and O–H groups in total. The van der Waals surface area contributed by atoms with Crippen LogP contribution in [0.4, 0.5) is 8.78 Å². The minimum absolute atomic E-state index is 0.0179. The number of hydrogen-bond acceptors (Lipinski definition) is 3. The minimum atomic E-state index is -3.61. The highest BCUT2D eigenvalue weighted by atomic mass is 32.2. The quantitative estimate of drug-likeness (QED) is 0.814. The Morgan fingerprint density at radius 3 is 2.73 bits per heavy atom. The van der Waals surface area contributed by atoms with E-state index in [1.807, 2.05) is 6.92 Å². The van der Waals surface area contributed by atoms with Crippen molar-refractivity contribution in [2.75, 3.05) is 12.3 Å². The van der Waals surface area contributed by atoms with Gasteiger partial charge in [-0.05, 0) is 31.0 Å². The smallest absolute Gasteiger partial charge is 0.214 e. The highest BCUT2D eigenvalue weighted by molar-refractivity contribution is 7.89. The van der Waals surface area contributed by atoms with E-state index < -0.39 is 33.8 Å². The number of β-amino-alcohol motifs (C(OH)–C–C–N with tert-alkyl or cyclic N) is 1. The van der Waals surface area contributed by atoms with Gasteiger partial charge in [0.2, 0.25) is 10.0 Å². The Morgan fingerprint density at radius 1 is 1.32 bits per heavy atom.